The Morgan fingerprint density at radius 2 is 1.62 bits per heavy atom. The molecule has 4 N–H and O–H groups in total. The molecule has 6 rings (SSSR count). The van der Waals surface area contributed by atoms with Crippen molar-refractivity contribution in [3.8, 4) is 0 Å². The van der Waals surface area contributed by atoms with Crippen LogP contribution in [0, 0.1) is 5.41 Å². The van der Waals surface area contributed by atoms with Crippen LogP contribution in [-0.2, 0) is 16.1 Å². The van der Waals surface area contributed by atoms with Crippen molar-refractivity contribution < 1.29 is 9.59 Å². The SMILES string of the molecule is Cl.O=C1CC2(CCN(c3nc(Nc4ccc(CN5CCNCC5)cc4)c4c(=O)[nH]ncc4n3)CC2)CC(=O)N1. The van der Waals surface area contributed by atoms with Crippen LogP contribution in [0.4, 0.5) is 17.5 Å². The smallest absolute Gasteiger partial charge is 0.277 e. The van der Waals surface area contributed by atoms with E-state index in [2.05, 4.69) is 48.2 Å². The number of nitrogens with one attached hydrogen (secondary N) is 4. The van der Waals surface area contributed by atoms with Gasteiger partial charge in [0.2, 0.25) is 17.8 Å². The quantitative estimate of drug-likeness (QED) is 0.341. The van der Waals surface area contributed by atoms with Crippen molar-refractivity contribution in [1.82, 2.24) is 35.7 Å². The van der Waals surface area contributed by atoms with E-state index < -0.39 is 0 Å². The number of aromatic amines is 1. The van der Waals surface area contributed by atoms with Crippen LogP contribution in [0.2, 0.25) is 0 Å². The molecule has 0 aliphatic carbocycles. The van der Waals surface area contributed by atoms with E-state index in [1.807, 2.05) is 17.0 Å². The number of carbonyl (C=O) groups is 2. The lowest BCUT2D eigenvalue weighted by molar-refractivity contribution is -0.138. The molecule has 0 atom stereocenters. The Bertz CT molecular complexity index is 1400. The van der Waals surface area contributed by atoms with Gasteiger partial charge in [-0.2, -0.15) is 10.1 Å². The maximum absolute atomic E-state index is 12.7. The van der Waals surface area contributed by atoms with Crippen molar-refractivity contribution >= 4 is 52.6 Å². The van der Waals surface area contributed by atoms with Crippen molar-refractivity contribution in [3.05, 3.63) is 46.4 Å². The molecule has 3 aliphatic heterocycles. The average molecular weight is 554 g/mol. The molecule has 1 aromatic carbocycles. The highest BCUT2D eigenvalue weighted by Crippen LogP contribution is 2.41. The summed E-state index contributed by atoms with van der Waals surface area (Å²) < 4.78 is 0. The van der Waals surface area contributed by atoms with Crippen LogP contribution in [0.1, 0.15) is 31.2 Å². The Labute approximate surface area is 231 Å². The normalized spacial score (nSPS) is 19.5. The maximum atomic E-state index is 12.7. The summed E-state index contributed by atoms with van der Waals surface area (Å²) in [6, 6.07) is 8.17. The number of fused-ring (bicyclic) bond motifs is 1. The van der Waals surface area contributed by atoms with Crippen LogP contribution < -0.4 is 26.4 Å². The lowest BCUT2D eigenvalue weighted by Crippen LogP contribution is -2.50. The first-order valence-electron chi connectivity index (χ1n) is 13.1. The van der Waals surface area contributed by atoms with Crippen molar-refractivity contribution in [2.45, 2.75) is 32.2 Å². The number of piperidine rings is 2. The molecule has 3 saturated heterocycles. The molecule has 206 valence electrons. The van der Waals surface area contributed by atoms with Gasteiger partial charge >= 0.3 is 0 Å². The van der Waals surface area contributed by atoms with Crippen molar-refractivity contribution in [1.29, 1.82) is 0 Å². The minimum absolute atomic E-state index is 0. The van der Waals surface area contributed by atoms with Gasteiger partial charge in [-0.25, -0.2) is 10.1 Å². The highest BCUT2D eigenvalue weighted by atomic mass is 35.5. The first-order chi connectivity index (χ1) is 18.5. The molecule has 0 unspecified atom stereocenters. The Hall–Kier alpha value is -3.61. The third-order valence-electron chi connectivity index (χ3n) is 7.79. The summed E-state index contributed by atoms with van der Waals surface area (Å²) in [6.07, 6.45) is 3.64. The van der Waals surface area contributed by atoms with E-state index in [9.17, 15) is 14.4 Å². The van der Waals surface area contributed by atoms with Gasteiger partial charge in [0.05, 0.1) is 6.20 Å². The number of piperazine rings is 1. The number of hydrogen-bond acceptors (Lipinski definition) is 10. The molecule has 2 aromatic heterocycles. The molecular formula is C26H32ClN9O3. The number of halogens is 1. The van der Waals surface area contributed by atoms with Gasteiger partial charge < -0.3 is 15.5 Å². The van der Waals surface area contributed by atoms with E-state index in [4.69, 9.17) is 4.98 Å². The standard InChI is InChI=1S/C26H31N9O3.ClH/c36-20-13-26(14-21(37)31-20)5-9-35(10-6-26)25-30-19-15-28-33-24(38)22(19)23(32-25)29-18-3-1-17(2-4-18)16-34-11-7-27-8-12-34;/h1-4,15,27H,5-14,16H2,(H,33,38)(H,29,30,32)(H,31,36,37);1H. The van der Waals surface area contributed by atoms with E-state index in [0.29, 0.717) is 61.4 Å². The summed E-state index contributed by atoms with van der Waals surface area (Å²) in [5.74, 6) is 0.500. The van der Waals surface area contributed by atoms with E-state index >= 15 is 0 Å². The molecule has 2 amide bonds. The van der Waals surface area contributed by atoms with Gasteiger partial charge in [0.1, 0.15) is 16.7 Å². The minimum atomic E-state index is -0.365. The molecule has 3 fully saturated rings. The summed E-state index contributed by atoms with van der Waals surface area (Å²) in [5.41, 5.74) is 1.82. The second kappa shape index (κ2) is 11.2. The van der Waals surface area contributed by atoms with Crippen LogP contribution in [0.25, 0.3) is 10.9 Å². The van der Waals surface area contributed by atoms with Gasteiger partial charge in [0.25, 0.3) is 5.56 Å². The highest BCUT2D eigenvalue weighted by molar-refractivity contribution is 5.98. The van der Waals surface area contributed by atoms with Crippen LogP contribution in [0.3, 0.4) is 0 Å². The van der Waals surface area contributed by atoms with Crippen LogP contribution >= 0.6 is 12.4 Å². The fourth-order valence-corrected chi connectivity index (χ4v) is 5.70. The number of amides is 2. The number of H-pyrrole nitrogens is 1. The maximum Gasteiger partial charge on any atom is 0.277 e. The molecular weight excluding hydrogens is 522 g/mol. The number of benzene rings is 1. The molecule has 3 aromatic rings. The van der Waals surface area contributed by atoms with Crippen LogP contribution in [0.5, 0.6) is 0 Å². The predicted octanol–water partition coefficient (Wildman–Crippen LogP) is 1.31. The predicted molar refractivity (Wildman–Crippen MR) is 149 cm³/mol. The Kier molecular flexibility index (Phi) is 7.78. The fraction of sp³-hybridized carbons (Fsp3) is 0.462. The summed E-state index contributed by atoms with van der Waals surface area (Å²) in [6.45, 7) is 6.22. The molecule has 0 bridgehead atoms. The Balaban J connectivity index is 0.00000308. The summed E-state index contributed by atoms with van der Waals surface area (Å²) in [5, 5.41) is 15.9. The topological polar surface area (TPSA) is 148 Å². The lowest BCUT2D eigenvalue weighted by atomic mass is 9.71. The molecule has 0 radical (unpaired) electrons. The summed E-state index contributed by atoms with van der Waals surface area (Å²) >= 11 is 0. The third kappa shape index (κ3) is 5.87. The zero-order valence-electron chi connectivity index (χ0n) is 21.5. The molecule has 39 heavy (non-hydrogen) atoms. The van der Waals surface area contributed by atoms with Gasteiger partial charge in [0.15, 0.2) is 0 Å². The van der Waals surface area contributed by atoms with Gasteiger partial charge in [-0.15, -0.1) is 12.4 Å². The monoisotopic (exact) mass is 553 g/mol. The molecule has 3 aliphatic rings. The van der Waals surface area contributed by atoms with Gasteiger partial charge in [0, 0.05) is 64.3 Å². The number of nitrogens with zero attached hydrogens (tertiary/aromatic N) is 5. The third-order valence-corrected chi connectivity index (χ3v) is 7.79. The molecule has 12 nitrogen and oxygen atoms in total. The zero-order chi connectivity index (χ0) is 26.1. The fourth-order valence-electron chi connectivity index (χ4n) is 5.70. The van der Waals surface area contributed by atoms with Gasteiger partial charge in [-0.1, -0.05) is 12.1 Å². The Morgan fingerprint density at radius 3 is 2.31 bits per heavy atom. The van der Waals surface area contributed by atoms with E-state index in [1.54, 1.807) is 0 Å². The lowest BCUT2D eigenvalue weighted by Gasteiger charge is -2.43. The molecule has 1 spiro atoms. The largest absolute Gasteiger partial charge is 0.341 e. The van der Waals surface area contributed by atoms with Gasteiger partial charge in [-0.3, -0.25) is 24.6 Å². The van der Waals surface area contributed by atoms with Crippen molar-refractivity contribution in [3.63, 3.8) is 0 Å². The second-order valence-corrected chi connectivity index (χ2v) is 10.5. The first-order valence-corrected chi connectivity index (χ1v) is 13.1. The van der Waals surface area contributed by atoms with Crippen molar-refractivity contribution in [2.24, 2.45) is 5.41 Å². The number of anilines is 3. The number of aromatic nitrogens is 4. The number of carbonyl (C=O) groups excluding carboxylic acids is 2. The number of hydrogen-bond donors (Lipinski definition) is 4. The van der Waals surface area contributed by atoms with E-state index in [-0.39, 0.29) is 35.2 Å². The minimum Gasteiger partial charge on any atom is -0.341 e. The number of imide groups is 1. The average Bonchev–Trinajstić information content (AvgIpc) is 2.90. The van der Waals surface area contributed by atoms with Gasteiger partial charge in [-0.05, 0) is 36.0 Å². The molecule has 13 heteroatoms. The zero-order valence-corrected chi connectivity index (χ0v) is 22.4. The van der Waals surface area contributed by atoms with Crippen molar-refractivity contribution in [2.75, 3.05) is 49.5 Å². The highest BCUT2D eigenvalue weighted by Gasteiger charge is 2.42. The summed E-state index contributed by atoms with van der Waals surface area (Å²) in [4.78, 5) is 50.5. The van der Waals surface area contributed by atoms with Crippen LogP contribution in [-0.4, -0.2) is 76.1 Å². The van der Waals surface area contributed by atoms with Crippen LogP contribution in [0.15, 0.2) is 35.3 Å². The molecule has 0 saturated carbocycles. The number of rotatable bonds is 5. The van der Waals surface area contributed by atoms with E-state index in [1.165, 1.54) is 11.8 Å². The Morgan fingerprint density at radius 1 is 0.923 bits per heavy atom. The van der Waals surface area contributed by atoms with E-state index in [0.717, 1.165) is 38.4 Å². The summed E-state index contributed by atoms with van der Waals surface area (Å²) in [7, 11) is 0. The molecule has 5 heterocycles. The first kappa shape index (κ1) is 27.0. The second-order valence-electron chi connectivity index (χ2n) is 10.5.